The number of anilines is 1. The van der Waals surface area contributed by atoms with Crippen LogP contribution in [0.5, 0.6) is 5.75 Å². The number of rotatable bonds is 11. The molecule has 0 aliphatic carbocycles. The highest BCUT2D eigenvalue weighted by Crippen LogP contribution is 2.18. The molecule has 6 heteroatoms. The second-order valence-corrected chi connectivity index (χ2v) is 8.44. The van der Waals surface area contributed by atoms with Crippen LogP contribution in [0.4, 0.5) is 5.69 Å². The summed E-state index contributed by atoms with van der Waals surface area (Å²) < 4.78 is 11.6. The van der Waals surface area contributed by atoms with Gasteiger partial charge in [0.15, 0.2) is 5.78 Å². The first-order valence-electron chi connectivity index (χ1n) is 10.9. The number of carbonyl (C=O) groups is 1. The Kier molecular flexibility index (Phi) is 8.46. The van der Waals surface area contributed by atoms with Gasteiger partial charge in [-0.3, -0.25) is 9.69 Å². The van der Waals surface area contributed by atoms with Gasteiger partial charge in [-0.2, -0.15) is 0 Å². The summed E-state index contributed by atoms with van der Waals surface area (Å²) >= 11 is 0. The Morgan fingerprint density at radius 3 is 2.45 bits per heavy atom. The van der Waals surface area contributed by atoms with Gasteiger partial charge in [0.25, 0.3) is 0 Å². The number of ketones is 1. The zero-order valence-electron chi connectivity index (χ0n) is 18.8. The van der Waals surface area contributed by atoms with Gasteiger partial charge >= 0.3 is 0 Å². The molecule has 168 valence electrons. The van der Waals surface area contributed by atoms with Crippen LogP contribution in [0.3, 0.4) is 0 Å². The molecule has 0 saturated carbocycles. The van der Waals surface area contributed by atoms with Gasteiger partial charge in [-0.1, -0.05) is 12.1 Å². The largest absolute Gasteiger partial charge is 0.491 e. The van der Waals surface area contributed by atoms with E-state index in [1.165, 1.54) is 18.2 Å². The maximum absolute atomic E-state index is 11.4. The van der Waals surface area contributed by atoms with Gasteiger partial charge < -0.3 is 19.5 Å². The van der Waals surface area contributed by atoms with E-state index in [1.54, 1.807) is 24.3 Å². The van der Waals surface area contributed by atoms with Crippen LogP contribution in [0, 0.1) is 0 Å². The normalized spacial score (nSPS) is 17.0. The highest BCUT2D eigenvalue weighted by atomic mass is 16.5. The van der Waals surface area contributed by atoms with Crippen LogP contribution in [0.25, 0.3) is 0 Å². The number of benzene rings is 2. The van der Waals surface area contributed by atoms with Crippen molar-refractivity contribution in [1.82, 2.24) is 4.90 Å². The van der Waals surface area contributed by atoms with Crippen LogP contribution >= 0.6 is 0 Å². The smallest absolute Gasteiger partial charge is 0.159 e. The van der Waals surface area contributed by atoms with Gasteiger partial charge in [0.1, 0.15) is 18.5 Å². The molecule has 3 rings (SSSR count). The lowest BCUT2D eigenvalue weighted by Gasteiger charge is -2.27. The SMILES string of the molecule is CC(=O)c1ccc(OCC(O)CN(Cc2ccc(N(C)C)cc2)CC2CCCO2)cc1. The molecule has 1 aliphatic heterocycles. The molecule has 2 aromatic carbocycles. The third kappa shape index (κ3) is 7.35. The van der Waals surface area contributed by atoms with Gasteiger partial charge in [-0.15, -0.1) is 0 Å². The molecule has 2 aromatic rings. The Morgan fingerprint density at radius 1 is 1.16 bits per heavy atom. The summed E-state index contributed by atoms with van der Waals surface area (Å²) in [5.41, 5.74) is 3.02. The van der Waals surface area contributed by atoms with E-state index in [9.17, 15) is 9.90 Å². The highest BCUT2D eigenvalue weighted by molar-refractivity contribution is 5.94. The molecule has 0 bridgehead atoms. The van der Waals surface area contributed by atoms with Crippen molar-refractivity contribution >= 4 is 11.5 Å². The summed E-state index contributed by atoms with van der Waals surface area (Å²) in [7, 11) is 4.06. The zero-order chi connectivity index (χ0) is 22.2. The van der Waals surface area contributed by atoms with E-state index >= 15 is 0 Å². The molecule has 0 amide bonds. The van der Waals surface area contributed by atoms with Gasteiger partial charge in [0.05, 0.1) is 6.10 Å². The van der Waals surface area contributed by atoms with Crippen molar-refractivity contribution in [3.63, 3.8) is 0 Å². The Bertz CT molecular complexity index is 814. The maximum atomic E-state index is 11.4. The van der Waals surface area contributed by atoms with E-state index in [0.717, 1.165) is 32.5 Å². The molecule has 0 aromatic heterocycles. The van der Waals surface area contributed by atoms with Crippen LogP contribution in [0.1, 0.15) is 35.7 Å². The number of hydrogen-bond acceptors (Lipinski definition) is 6. The van der Waals surface area contributed by atoms with Crippen molar-refractivity contribution in [3.05, 3.63) is 59.7 Å². The van der Waals surface area contributed by atoms with E-state index in [2.05, 4.69) is 34.1 Å². The average Bonchev–Trinajstić information content (AvgIpc) is 3.26. The van der Waals surface area contributed by atoms with Crippen LogP contribution in [-0.4, -0.2) is 68.4 Å². The minimum Gasteiger partial charge on any atom is -0.491 e. The minimum absolute atomic E-state index is 0.0231. The molecule has 0 radical (unpaired) electrons. The van der Waals surface area contributed by atoms with Gasteiger partial charge in [0, 0.05) is 51.6 Å². The van der Waals surface area contributed by atoms with Crippen LogP contribution in [-0.2, 0) is 11.3 Å². The van der Waals surface area contributed by atoms with E-state index in [1.807, 2.05) is 14.1 Å². The van der Waals surface area contributed by atoms with Crippen LogP contribution in [0.15, 0.2) is 48.5 Å². The summed E-state index contributed by atoms with van der Waals surface area (Å²) in [5.74, 6) is 0.670. The fourth-order valence-electron chi connectivity index (χ4n) is 3.77. The van der Waals surface area contributed by atoms with E-state index < -0.39 is 6.10 Å². The lowest BCUT2D eigenvalue weighted by Crippen LogP contribution is -2.39. The Balaban J connectivity index is 1.56. The number of nitrogens with zero attached hydrogens (tertiary/aromatic N) is 2. The summed E-state index contributed by atoms with van der Waals surface area (Å²) in [6, 6.07) is 15.5. The van der Waals surface area contributed by atoms with Crippen molar-refractivity contribution in [3.8, 4) is 5.75 Å². The molecular formula is C25H34N2O4. The summed E-state index contributed by atoms with van der Waals surface area (Å²) in [5, 5.41) is 10.6. The Labute approximate surface area is 185 Å². The van der Waals surface area contributed by atoms with Crippen molar-refractivity contribution in [2.75, 3.05) is 45.3 Å². The minimum atomic E-state index is -0.630. The monoisotopic (exact) mass is 426 g/mol. The predicted molar refractivity (Wildman–Crippen MR) is 123 cm³/mol. The lowest BCUT2D eigenvalue weighted by molar-refractivity contribution is 0.0313. The molecule has 2 atom stereocenters. The topological polar surface area (TPSA) is 62.2 Å². The predicted octanol–water partition coefficient (Wildman–Crippen LogP) is 3.38. The fourth-order valence-corrected chi connectivity index (χ4v) is 3.77. The molecule has 31 heavy (non-hydrogen) atoms. The number of aliphatic hydroxyl groups excluding tert-OH is 1. The molecule has 1 N–H and O–H groups in total. The van der Waals surface area contributed by atoms with Gasteiger partial charge in [0.2, 0.25) is 0 Å². The van der Waals surface area contributed by atoms with E-state index in [0.29, 0.717) is 17.9 Å². The number of aliphatic hydroxyl groups is 1. The van der Waals surface area contributed by atoms with Crippen molar-refractivity contribution in [2.24, 2.45) is 0 Å². The quantitative estimate of drug-likeness (QED) is 0.556. The van der Waals surface area contributed by atoms with Gasteiger partial charge in [-0.25, -0.2) is 0 Å². The molecular weight excluding hydrogens is 392 g/mol. The summed E-state index contributed by atoms with van der Waals surface area (Å²) in [4.78, 5) is 15.7. The molecule has 1 fully saturated rings. The first kappa shape index (κ1) is 23.3. The third-order valence-electron chi connectivity index (χ3n) is 5.52. The number of ether oxygens (including phenoxy) is 2. The average molecular weight is 427 g/mol. The van der Waals surface area contributed by atoms with Gasteiger partial charge in [-0.05, 0) is 61.7 Å². The van der Waals surface area contributed by atoms with E-state index in [-0.39, 0.29) is 18.5 Å². The third-order valence-corrected chi connectivity index (χ3v) is 5.52. The number of hydrogen-bond donors (Lipinski definition) is 1. The molecule has 1 heterocycles. The lowest BCUT2D eigenvalue weighted by atomic mass is 10.1. The number of carbonyl (C=O) groups excluding carboxylic acids is 1. The van der Waals surface area contributed by atoms with Crippen molar-refractivity contribution < 1.29 is 19.4 Å². The first-order chi connectivity index (χ1) is 14.9. The van der Waals surface area contributed by atoms with Crippen molar-refractivity contribution in [1.29, 1.82) is 0 Å². The first-order valence-corrected chi connectivity index (χ1v) is 10.9. The molecule has 6 nitrogen and oxygen atoms in total. The molecule has 0 spiro atoms. The standard InChI is InChI=1S/C25H34N2O4/c1-19(28)21-8-12-24(13-9-21)31-18-23(29)16-27(17-25-5-4-14-30-25)15-20-6-10-22(11-7-20)26(2)3/h6-13,23,25,29H,4-5,14-18H2,1-3H3. The van der Waals surface area contributed by atoms with E-state index in [4.69, 9.17) is 9.47 Å². The Morgan fingerprint density at radius 2 is 1.87 bits per heavy atom. The summed E-state index contributed by atoms with van der Waals surface area (Å²) in [6.07, 6.45) is 1.74. The van der Waals surface area contributed by atoms with Crippen molar-refractivity contribution in [2.45, 2.75) is 38.5 Å². The second-order valence-electron chi connectivity index (χ2n) is 8.44. The molecule has 1 saturated heterocycles. The highest BCUT2D eigenvalue weighted by Gasteiger charge is 2.21. The number of Topliss-reactive ketones (excluding diaryl/α,β-unsaturated/α-hetero) is 1. The second kappa shape index (κ2) is 11.3. The maximum Gasteiger partial charge on any atom is 0.159 e. The Hall–Kier alpha value is -2.41. The zero-order valence-corrected chi connectivity index (χ0v) is 18.8. The fraction of sp³-hybridized carbons (Fsp3) is 0.480. The molecule has 2 unspecified atom stereocenters. The molecule has 1 aliphatic rings. The van der Waals surface area contributed by atoms with Crippen LogP contribution in [0.2, 0.25) is 0 Å². The van der Waals surface area contributed by atoms with Crippen LogP contribution < -0.4 is 9.64 Å². The summed E-state index contributed by atoms with van der Waals surface area (Å²) in [6.45, 7) is 4.59.